The molecule has 1 aliphatic rings. The third-order valence-electron chi connectivity index (χ3n) is 3.42. The molecule has 1 rings (SSSR count). The second kappa shape index (κ2) is 9.27. The van der Waals surface area contributed by atoms with Crippen molar-refractivity contribution in [1.29, 1.82) is 0 Å². The van der Waals surface area contributed by atoms with E-state index in [0.717, 1.165) is 17.4 Å². The number of hydrogen-bond acceptors (Lipinski definition) is 0. The van der Waals surface area contributed by atoms with Crippen LogP contribution in [0.15, 0.2) is 36.5 Å². The Bertz CT molecular complexity index is 257. The molecule has 1 fully saturated rings. The van der Waals surface area contributed by atoms with Gasteiger partial charge in [-0.1, -0.05) is 76.5 Å². The van der Waals surface area contributed by atoms with Gasteiger partial charge in [-0.2, -0.15) is 0 Å². The minimum atomic E-state index is 0.862. The Labute approximate surface area is 109 Å². The molecular formula is C17H30. The minimum Gasteiger partial charge on any atom is -0.0961 e. The smallest absolute Gasteiger partial charge is 0.0254 e. The minimum absolute atomic E-state index is 0.862. The van der Waals surface area contributed by atoms with Crippen LogP contribution >= 0.6 is 0 Å². The third-order valence-corrected chi connectivity index (χ3v) is 3.42. The fraction of sp³-hybridized carbons (Fsp3) is 0.647. The second-order valence-corrected chi connectivity index (χ2v) is 5.06. The molecule has 0 radical (unpaired) electrons. The monoisotopic (exact) mass is 234 g/mol. The fourth-order valence-electron chi connectivity index (χ4n) is 2.36. The summed E-state index contributed by atoms with van der Waals surface area (Å²) in [6.07, 6.45) is 11.0. The number of allylic oxidation sites excluding steroid dienone is 4. The molecule has 0 heterocycles. The second-order valence-electron chi connectivity index (χ2n) is 5.06. The van der Waals surface area contributed by atoms with Gasteiger partial charge in [0.15, 0.2) is 0 Å². The summed E-state index contributed by atoms with van der Waals surface area (Å²) in [5.74, 6) is 1.75. The van der Waals surface area contributed by atoms with Gasteiger partial charge in [-0.15, -0.1) is 0 Å². The van der Waals surface area contributed by atoms with Crippen molar-refractivity contribution in [3.63, 3.8) is 0 Å². The van der Waals surface area contributed by atoms with Crippen molar-refractivity contribution in [3.8, 4) is 0 Å². The van der Waals surface area contributed by atoms with Gasteiger partial charge in [0.25, 0.3) is 0 Å². The van der Waals surface area contributed by atoms with E-state index in [-0.39, 0.29) is 0 Å². The zero-order valence-corrected chi connectivity index (χ0v) is 12.3. The van der Waals surface area contributed by atoms with E-state index in [1.165, 1.54) is 37.7 Å². The average molecular weight is 234 g/mol. The average Bonchev–Trinajstić information content (AvgIpc) is 2.32. The van der Waals surface area contributed by atoms with E-state index in [9.17, 15) is 0 Å². The molecule has 1 aliphatic carbocycles. The zero-order valence-electron chi connectivity index (χ0n) is 12.3. The summed E-state index contributed by atoms with van der Waals surface area (Å²) in [7, 11) is 0. The summed E-state index contributed by atoms with van der Waals surface area (Å²) in [5.41, 5.74) is 2.37. The van der Waals surface area contributed by atoms with Crippen LogP contribution in [-0.2, 0) is 0 Å². The molecule has 2 atom stereocenters. The lowest BCUT2D eigenvalue weighted by molar-refractivity contribution is 0.256. The quantitative estimate of drug-likeness (QED) is 0.530. The normalized spacial score (nSPS) is 24.0. The summed E-state index contributed by atoms with van der Waals surface area (Å²) < 4.78 is 0. The first-order valence-electron chi connectivity index (χ1n) is 7.11. The predicted octanol–water partition coefficient (Wildman–Crippen LogP) is 5.92. The first kappa shape index (κ1) is 16.2. The lowest BCUT2D eigenvalue weighted by Gasteiger charge is -2.28. The number of hydrogen-bond donors (Lipinski definition) is 0. The highest BCUT2D eigenvalue weighted by atomic mass is 14.3. The molecule has 0 aliphatic heterocycles. The highest BCUT2D eigenvalue weighted by Gasteiger charge is 2.20. The molecular weight excluding hydrogens is 204 g/mol. The van der Waals surface area contributed by atoms with Gasteiger partial charge in [-0.3, -0.25) is 0 Å². The highest BCUT2D eigenvalue weighted by molar-refractivity contribution is 5.23. The van der Waals surface area contributed by atoms with Gasteiger partial charge in [0.1, 0.15) is 0 Å². The first-order valence-corrected chi connectivity index (χ1v) is 7.11. The maximum absolute atomic E-state index is 4.13. The Morgan fingerprint density at radius 1 is 1.12 bits per heavy atom. The Hall–Kier alpha value is -0.780. The van der Waals surface area contributed by atoms with Gasteiger partial charge in [0.05, 0.1) is 0 Å². The van der Waals surface area contributed by atoms with E-state index in [1.54, 1.807) is 0 Å². The van der Waals surface area contributed by atoms with Crippen molar-refractivity contribution < 1.29 is 0 Å². The van der Waals surface area contributed by atoms with Gasteiger partial charge < -0.3 is 0 Å². The fourth-order valence-corrected chi connectivity index (χ4v) is 2.36. The molecule has 0 aromatic heterocycles. The molecule has 0 aromatic rings. The summed E-state index contributed by atoms with van der Waals surface area (Å²) in [4.78, 5) is 0. The Balaban J connectivity index is 0.00000121. The maximum Gasteiger partial charge on any atom is -0.0254 e. The van der Waals surface area contributed by atoms with Gasteiger partial charge in [-0.05, 0) is 31.6 Å². The van der Waals surface area contributed by atoms with Crippen molar-refractivity contribution in [1.82, 2.24) is 0 Å². The molecule has 1 saturated carbocycles. The molecule has 0 amide bonds. The van der Waals surface area contributed by atoms with Crippen molar-refractivity contribution in [3.05, 3.63) is 36.5 Å². The van der Waals surface area contributed by atoms with E-state index in [1.807, 2.05) is 20.8 Å². The third kappa shape index (κ3) is 7.20. The molecule has 0 aromatic carbocycles. The molecule has 0 saturated heterocycles. The molecule has 98 valence electrons. The topological polar surface area (TPSA) is 0 Å². The van der Waals surface area contributed by atoms with Crippen LogP contribution in [0.5, 0.6) is 0 Å². The molecule has 0 nitrogen and oxygen atoms in total. The van der Waals surface area contributed by atoms with Crippen LogP contribution in [0.4, 0.5) is 0 Å². The molecule has 17 heavy (non-hydrogen) atoms. The predicted molar refractivity (Wildman–Crippen MR) is 80.2 cm³/mol. The van der Waals surface area contributed by atoms with Crippen molar-refractivity contribution in [2.24, 2.45) is 11.8 Å². The summed E-state index contributed by atoms with van der Waals surface area (Å²) in [5, 5.41) is 0. The van der Waals surface area contributed by atoms with Gasteiger partial charge in [0, 0.05) is 0 Å². The van der Waals surface area contributed by atoms with Crippen LogP contribution in [0.1, 0.15) is 59.8 Å². The summed E-state index contributed by atoms with van der Waals surface area (Å²) in [6.45, 7) is 16.4. The first-order chi connectivity index (χ1) is 8.09. The van der Waals surface area contributed by atoms with Crippen LogP contribution in [0, 0.1) is 11.8 Å². The van der Waals surface area contributed by atoms with Crippen molar-refractivity contribution in [2.75, 3.05) is 0 Å². The standard InChI is InChI=1S/C15H24.C2H6/c1-12(2)9-10-13(3)11-15-8-6-5-7-14(15)4;1-2/h9-10,14-15H,1,3,5-8,11H2,2,4H3;1-2H3/b10-9-;/t14-,15-;/m0./s1. The van der Waals surface area contributed by atoms with Gasteiger partial charge in [-0.25, -0.2) is 0 Å². The van der Waals surface area contributed by atoms with E-state index in [0.29, 0.717) is 0 Å². The van der Waals surface area contributed by atoms with E-state index >= 15 is 0 Å². The van der Waals surface area contributed by atoms with Crippen molar-refractivity contribution >= 4 is 0 Å². The maximum atomic E-state index is 4.13. The van der Waals surface area contributed by atoms with Crippen LogP contribution in [0.25, 0.3) is 0 Å². The molecule has 0 bridgehead atoms. The van der Waals surface area contributed by atoms with Crippen LogP contribution in [-0.4, -0.2) is 0 Å². The zero-order chi connectivity index (χ0) is 13.3. The van der Waals surface area contributed by atoms with E-state index in [4.69, 9.17) is 0 Å². The molecule has 0 unspecified atom stereocenters. The van der Waals surface area contributed by atoms with Gasteiger partial charge in [0.2, 0.25) is 0 Å². The summed E-state index contributed by atoms with van der Waals surface area (Å²) in [6, 6.07) is 0. The van der Waals surface area contributed by atoms with Crippen LogP contribution < -0.4 is 0 Å². The molecule has 0 heteroatoms. The lowest BCUT2D eigenvalue weighted by Crippen LogP contribution is -2.16. The van der Waals surface area contributed by atoms with Crippen molar-refractivity contribution in [2.45, 2.75) is 59.8 Å². The highest BCUT2D eigenvalue weighted by Crippen LogP contribution is 2.33. The van der Waals surface area contributed by atoms with E-state index < -0.39 is 0 Å². The van der Waals surface area contributed by atoms with Crippen LogP contribution in [0.2, 0.25) is 0 Å². The Kier molecular flexibility index (Phi) is 8.85. The number of rotatable bonds is 4. The molecule has 0 N–H and O–H groups in total. The Morgan fingerprint density at radius 2 is 1.71 bits per heavy atom. The van der Waals surface area contributed by atoms with E-state index in [2.05, 4.69) is 32.2 Å². The van der Waals surface area contributed by atoms with Crippen LogP contribution in [0.3, 0.4) is 0 Å². The lowest BCUT2D eigenvalue weighted by atomic mass is 9.77. The SMILES string of the molecule is C=C(C)/C=C\C(=C)C[C@@H]1CCCC[C@@H]1C.CC. The summed E-state index contributed by atoms with van der Waals surface area (Å²) >= 11 is 0. The Morgan fingerprint density at radius 3 is 2.24 bits per heavy atom. The molecule has 0 spiro atoms. The van der Waals surface area contributed by atoms with Gasteiger partial charge >= 0.3 is 0 Å². The largest absolute Gasteiger partial charge is 0.0961 e.